The second kappa shape index (κ2) is 7.46. The third-order valence-corrected chi connectivity index (χ3v) is 4.10. The molecule has 0 bridgehead atoms. The Bertz CT molecular complexity index is 507. The highest BCUT2D eigenvalue weighted by Crippen LogP contribution is 2.22. The molecular weight excluding hydrogens is 266 g/mol. The molecule has 0 amide bonds. The smallest absolute Gasteiger partial charge is 0.120 e. The van der Waals surface area contributed by atoms with E-state index >= 15 is 0 Å². The quantitative estimate of drug-likeness (QED) is 0.792. The maximum absolute atomic E-state index is 5.73. The van der Waals surface area contributed by atoms with Crippen LogP contribution in [0.15, 0.2) is 41.8 Å². The summed E-state index contributed by atoms with van der Waals surface area (Å²) in [4.78, 5) is 1.40. The van der Waals surface area contributed by atoms with E-state index < -0.39 is 0 Å². The minimum Gasteiger partial charge on any atom is -0.491 e. The monoisotopic (exact) mass is 289 g/mol. The first-order valence-electron chi connectivity index (χ1n) is 7.21. The summed E-state index contributed by atoms with van der Waals surface area (Å²) in [7, 11) is 0. The first kappa shape index (κ1) is 15.1. The van der Waals surface area contributed by atoms with Crippen LogP contribution in [0.3, 0.4) is 0 Å². The number of nitrogens with one attached hydrogen (secondary N) is 1. The predicted octanol–water partition coefficient (Wildman–Crippen LogP) is 4.78. The van der Waals surface area contributed by atoms with Crippen molar-refractivity contribution in [1.29, 1.82) is 0 Å². The molecule has 108 valence electrons. The summed E-state index contributed by atoms with van der Waals surface area (Å²) in [5, 5.41) is 5.76. The van der Waals surface area contributed by atoms with Gasteiger partial charge in [-0.2, -0.15) is 0 Å². The second-order valence-corrected chi connectivity index (χ2v) is 6.15. The molecule has 2 nitrogen and oxygen atoms in total. The van der Waals surface area contributed by atoms with Gasteiger partial charge in [-0.1, -0.05) is 25.1 Å². The summed E-state index contributed by atoms with van der Waals surface area (Å²) in [6, 6.07) is 13.1. The van der Waals surface area contributed by atoms with Crippen LogP contribution in [-0.4, -0.2) is 6.10 Å². The molecule has 1 unspecified atom stereocenters. The van der Waals surface area contributed by atoms with E-state index in [-0.39, 0.29) is 6.10 Å². The molecule has 3 heteroatoms. The minimum atomic E-state index is 0.215. The van der Waals surface area contributed by atoms with Crippen LogP contribution < -0.4 is 10.1 Å². The molecule has 20 heavy (non-hydrogen) atoms. The zero-order valence-electron chi connectivity index (χ0n) is 12.4. The molecule has 1 aromatic carbocycles. The van der Waals surface area contributed by atoms with Crippen molar-refractivity contribution in [3.05, 3.63) is 52.2 Å². The average Bonchev–Trinajstić information content (AvgIpc) is 2.93. The van der Waals surface area contributed by atoms with Gasteiger partial charge in [-0.15, -0.1) is 11.3 Å². The molecule has 0 fully saturated rings. The molecule has 0 saturated carbocycles. The number of hydrogen-bond donors (Lipinski definition) is 1. The highest BCUT2D eigenvalue weighted by atomic mass is 32.1. The minimum absolute atomic E-state index is 0.215. The van der Waals surface area contributed by atoms with Crippen LogP contribution in [0.2, 0.25) is 0 Å². The average molecular weight is 289 g/mol. The van der Waals surface area contributed by atoms with Gasteiger partial charge in [0.2, 0.25) is 0 Å². The lowest BCUT2D eigenvalue weighted by Crippen LogP contribution is -2.19. The fourth-order valence-electron chi connectivity index (χ4n) is 2.18. The summed E-state index contributed by atoms with van der Waals surface area (Å²) >= 11 is 1.82. The summed E-state index contributed by atoms with van der Waals surface area (Å²) in [6.07, 6.45) is 1.32. The Labute approximate surface area is 125 Å². The van der Waals surface area contributed by atoms with Crippen LogP contribution in [-0.2, 0) is 6.54 Å². The largest absolute Gasteiger partial charge is 0.491 e. The van der Waals surface area contributed by atoms with E-state index in [0.29, 0.717) is 6.04 Å². The van der Waals surface area contributed by atoms with Crippen LogP contribution in [0.25, 0.3) is 0 Å². The maximum Gasteiger partial charge on any atom is 0.120 e. The zero-order chi connectivity index (χ0) is 14.4. The van der Waals surface area contributed by atoms with Gasteiger partial charge in [-0.3, -0.25) is 0 Å². The van der Waals surface area contributed by atoms with Crippen LogP contribution in [0.1, 0.15) is 43.7 Å². The van der Waals surface area contributed by atoms with Gasteiger partial charge in [0.05, 0.1) is 6.10 Å². The highest BCUT2D eigenvalue weighted by molar-refractivity contribution is 7.10. The molecule has 2 aromatic rings. The van der Waals surface area contributed by atoms with Gasteiger partial charge >= 0.3 is 0 Å². The molecule has 2 rings (SSSR count). The fourth-order valence-corrected chi connectivity index (χ4v) is 3.06. The van der Waals surface area contributed by atoms with Crippen molar-refractivity contribution in [2.24, 2.45) is 0 Å². The lowest BCUT2D eigenvalue weighted by molar-refractivity contribution is 0.242. The van der Waals surface area contributed by atoms with Gasteiger partial charge < -0.3 is 10.1 Å². The Morgan fingerprint density at radius 1 is 1.20 bits per heavy atom. The zero-order valence-corrected chi connectivity index (χ0v) is 13.2. The Morgan fingerprint density at radius 3 is 2.70 bits per heavy atom. The van der Waals surface area contributed by atoms with Crippen LogP contribution >= 0.6 is 11.3 Å². The number of ether oxygens (including phenoxy) is 1. The van der Waals surface area contributed by atoms with Crippen molar-refractivity contribution in [1.82, 2.24) is 5.32 Å². The van der Waals surface area contributed by atoms with Crippen molar-refractivity contribution < 1.29 is 4.74 Å². The summed E-state index contributed by atoms with van der Waals surface area (Å²) in [5.74, 6) is 0.948. The van der Waals surface area contributed by atoms with E-state index in [1.165, 1.54) is 10.4 Å². The van der Waals surface area contributed by atoms with E-state index in [0.717, 1.165) is 18.7 Å². The SMILES string of the molecule is CCC(NCc1cccc(OC(C)C)c1)c1cccs1. The number of thiophene rings is 1. The van der Waals surface area contributed by atoms with Crippen molar-refractivity contribution in [2.75, 3.05) is 0 Å². The Kier molecular flexibility index (Phi) is 5.62. The molecule has 0 aliphatic heterocycles. The Balaban J connectivity index is 1.96. The highest BCUT2D eigenvalue weighted by Gasteiger charge is 2.09. The van der Waals surface area contributed by atoms with Gasteiger partial charge in [0, 0.05) is 17.5 Å². The van der Waals surface area contributed by atoms with Gasteiger partial charge in [0.25, 0.3) is 0 Å². The molecule has 1 N–H and O–H groups in total. The summed E-state index contributed by atoms with van der Waals surface area (Å²) < 4.78 is 5.73. The lowest BCUT2D eigenvalue weighted by Gasteiger charge is -2.16. The molecule has 1 aromatic heterocycles. The number of benzene rings is 1. The van der Waals surface area contributed by atoms with E-state index in [1.807, 2.05) is 17.4 Å². The fraction of sp³-hybridized carbons (Fsp3) is 0.412. The van der Waals surface area contributed by atoms with E-state index in [2.05, 4.69) is 61.8 Å². The third kappa shape index (κ3) is 4.36. The molecule has 1 atom stereocenters. The molecule has 1 heterocycles. The third-order valence-electron chi connectivity index (χ3n) is 3.12. The van der Waals surface area contributed by atoms with Crippen molar-refractivity contribution in [2.45, 2.75) is 45.9 Å². The van der Waals surface area contributed by atoms with Crippen LogP contribution in [0, 0.1) is 0 Å². The van der Waals surface area contributed by atoms with Crippen molar-refractivity contribution in [3.63, 3.8) is 0 Å². The molecular formula is C17H23NOS. The van der Waals surface area contributed by atoms with Crippen LogP contribution in [0.5, 0.6) is 5.75 Å². The van der Waals surface area contributed by atoms with Gasteiger partial charge in [-0.25, -0.2) is 0 Å². The molecule has 0 spiro atoms. The lowest BCUT2D eigenvalue weighted by atomic mass is 10.1. The Morgan fingerprint density at radius 2 is 2.05 bits per heavy atom. The van der Waals surface area contributed by atoms with Crippen LogP contribution in [0.4, 0.5) is 0 Å². The Hall–Kier alpha value is -1.32. The van der Waals surface area contributed by atoms with Crippen molar-refractivity contribution in [3.8, 4) is 5.75 Å². The standard InChI is InChI=1S/C17H23NOS/c1-4-16(17-9-6-10-20-17)18-12-14-7-5-8-15(11-14)19-13(2)3/h5-11,13,16,18H,4,12H2,1-3H3. The normalized spacial score (nSPS) is 12.6. The topological polar surface area (TPSA) is 21.3 Å². The van der Waals surface area contributed by atoms with E-state index in [9.17, 15) is 0 Å². The van der Waals surface area contributed by atoms with Gasteiger partial charge in [0.15, 0.2) is 0 Å². The molecule has 0 saturated heterocycles. The maximum atomic E-state index is 5.73. The molecule has 0 aliphatic rings. The molecule has 0 radical (unpaired) electrons. The molecule has 0 aliphatic carbocycles. The summed E-state index contributed by atoms with van der Waals surface area (Å²) in [6.45, 7) is 7.19. The number of hydrogen-bond acceptors (Lipinski definition) is 3. The predicted molar refractivity (Wildman–Crippen MR) is 86.4 cm³/mol. The summed E-state index contributed by atoms with van der Waals surface area (Å²) in [5.41, 5.74) is 1.26. The first-order chi connectivity index (χ1) is 9.69. The van der Waals surface area contributed by atoms with E-state index in [4.69, 9.17) is 4.74 Å². The van der Waals surface area contributed by atoms with E-state index in [1.54, 1.807) is 0 Å². The van der Waals surface area contributed by atoms with Gasteiger partial charge in [-0.05, 0) is 49.4 Å². The van der Waals surface area contributed by atoms with Gasteiger partial charge in [0.1, 0.15) is 5.75 Å². The first-order valence-corrected chi connectivity index (χ1v) is 8.09. The second-order valence-electron chi connectivity index (χ2n) is 5.17. The number of rotatable bonds is 7. The van der Waals surface area contributed by atoms with Crippen molar-refractivity contribution >= 4 is 11.3 Å².